The van der Waals surface area contributed by atoms with Crippen LogP contribution in [0.1, 0.15) is 16.7 Å². The molecule has 0 saturated carbocycles. The lowest BCUT2D eigenvalue weighted by Gasteiger charge is -2.10. The number of aryl methyl sites for hydroxylation is 2. The molecule has 26 heavy (non-hydrogen) atoms. The van der Waals surface area contributed by atoms with E-state index in [-0.39, 0.29) is 0 Å². The first kappa shape index (κ1) is 18.6. The fraction of sp³-hybridized carbons (Fsp3) is 0.167. The van der Waals surface area contributed by atoms with E-state index in [2.05, 4.69) is 26.8 Å². The van der Waals surface area contributed by atoms with Crippen LogP contribution in [0.5, 0.6) is 0 Å². The number of thiocarbonyl (C=S) groups is 1. The van der Waals surface area contributed by atoms with Gasteiger partial charge in [0, 0.05) is 21.3 Å². The third-order valence-electron chi connectivity index (χ3n) is 3.62. The quantitative estimate of drug-likeness (QED) is 0.594. The molecule has 0 bridgehead atoms. The standard InChI is InChI=1S/C18H17Cl2N5S/c1-11-6-12(2)8-13(7-11)22-18(26)23-17-21-10-25(24-17)9-14-15(19)4-3-5-16(14)20/h3-8,10H,9H2,1-2H3,(H2,22,23,24,26). The van der Waals surface area contributed by atoms with E-state index < -0.39 is 0 Å². The highest BCUT2D eigenvalue weighted by atomic mass is 35.5. The molecule has 0 spiro atoms. The summed E-state index contributed by atoms with van der Waals surface area (Å²) in [6, 6.07) is 11.5. The Hall–Kier alpha value is -2.15. The lowest BCUT2D eigenvalue weighted by molar-refractivity contribution is 0.687. The summed E-state index contributed by atoms with van der Waals surface area (Å²) in [7, 11) is 0. The number of nitrogens with one attached hydrogen (secondary N) is 2. The first-order chi connectivity index (χ1) is 12.4. The summed E-state index contributed by atoms with van der Waals surface area (Å²) >= 11 is 17.7. The van der Waals surface area contributed by atoms with Crippen molar-refractivity contribution >= 4 is 52.2 Å². The topological polar surface area (TPSA) is 54.8 Å². The average Bonchev–Trinajstić information content (AvgIpc) is 2.97. The van der Waals surface area contributed by atoms with Crippen molar-refractivity contribution in [2.75, 3.05) is 10.6 Å². The van der Waals surface area contributed by atoms with E-state index in [0.29, 0.717) is 27.7 Å². The van der Waals surface area contributed by atoms with Crippen molar-refractivity contribution in [1.82, 2.24) is 14.8 Å². The smallest absolute Gasteiger partial charge is 0.248 e. The van der Waals surface area contributed by atoms with Crippen molar-refractivity contribution in [1.29, 1.82) is 0 Å². The molecule has 0 fully saturated rings. The fourth-order valence-electron chi connectivity index (χ4n) is 2.58. The van der Waals surface area contributed by atoms with Crippen LogP contribution in [0.3, 0.4) is 0 Å². The second kappa shape index (κ2) is 8.03. The van der Waals surface area contributed by atoms with E-state index in [9.17, 15) is 0 Å². The second-order valence-electron chi connectivity index (χ2n) is 5.92. The van der Waals surface area contributed by atoms with Gasteiger partial charge in [-0.3, -0.25) is 5.32 Å². The molecule has 5 nitrogen and oxygen atoms in total. The molecule has 0 saturated heterocycles. The number of hydrogen-bond donors (Lipinski definition) is 2. The largest absolute Gasteiger partial charge is 0.332 e. The first-order valence-corrected chi connectivity index (χ1v) is 9.06. The highest BCUT2D eigenvalue weighted by Crippen LogP contribution is 2.25. The Morgan fingerprint density at radius 2 is 1.73 bits per heavy atom. The highest BCUT2D eigenvalue weighted by Gasteiger charge is 2.09. The molecular formula is C18H17Cl2N5S. The van der Waals surface area contributed by atoms with Crippen LogP contribution in [0, 0.1) is 13.8 Å². The summed E-state index contributed by atoms with van der Waals surface area (Å²) in [5.41, 5.74) is 4.04. The molecule has 0 atom stereocenters. The van der Waals surface area contributed by atoms with Crippen molar-refractivity contribution in [2.45, 2.75) is 20.4 Å². The van der Waals surface area contributed by atoms with Crippen LogP contribution < -0.4 is 10.6 Å². The van der Waals surface area contributed by atoms with Crippen molar-refractivity contribution in [3.8, 4) is 0 Å². The molecule has 3 aromatic rings. The summed E-state index contributed by atoms with van der Waals surface area (Å²) in [5.74, 6) is 0.398. The van der Waals surface area contributed by atoms with E-state index in [1.54, 1.807) is 29.2 Å². The number of benzene rings is 2. The minimum atomic E-state index is 0.398. The number of halogens is 2. The van der Waals surface area contributed by atoms with E-state index in [0.717, 1.165) is 22.4 Å². The molecule has 1 aromatic heterocycles. The van der Waals surface area contributed by atoms with Gasteiger partial charge in [-0.05, 0) is 61.5 Å². The SMILES string of the molecule is Cc1cc(C)cc(NC(=S)Nc2ncn(Cc3c(Cl)cccc3Cl)n2)c1. The van der Waals surface area contributed by atoms with Gasteiger partial charge in [-0.2, -0.15) is 0 Å². The predicted octanol–water partition coefficient (Wildman–Crippen LogP) is 5.06. The molecule has 2 N–H and O–H groups in total. The zero-order valence-corrected chi connectivity index (χ0v) is 16.6. The predicted molar refractivity (Wildman–Crippen MR) is 111 cm³/mol. The van der Waals surface area contributed by atoms with Crippen molar-refractivity contribution in [2.24, 2.45) is 0 Å². The van der Waals surface area contributed by atoms with E-state index >= 15 is 0 Å². The molecule has 0 amide bonds. The molecule has 1 heterocycles. The summed E-state index contributed by atoms with van der Waals surface area (Å²) < 4.78 is 1.65. The molecular weight excluding hydrogens is 389 g/mol. The summed E-state index contributed by atoms with van der Waals surface area (Å²) in [5, 5.41) is 12.1. The van der Waals surface area contributed by atoms with Crippen molar-refractivity contribution in [3.63, 3.8) is 0 Å². The van der Waals surface area contributed by atoms with Gasteiger partial charge < -0.3 is 5.32 Å². The third kappa shape index (κ3) is 4.72. The minimum absolute atomic E-state index is 0.398. The van der Waals surface area contributed by atoms with E-state index in [4.69, 9.17) is 35.4 Å². The summed E-state index contributed by atoms with van der Waals surface area (Å²) in [4.78, 5) is 4.22. The van der Waals surface area contributed by atoms with Crippen LogP contribution in [-0.4, -0.2) is 19.9 Å². The van der Waals surface area contributed by atoms with Gasteiger partial charge in [-0.25, -0.2) is 9.67 Å². The lowest BCUT2D eigenvalue weighted by atomic mass is 10.1. The van der Waals surface area contributed by atoms with E-state index in [1.807, 2.05) is 26.0 Å². The Bertz CT molecular complexity index is 914. The summed E-state index contributed by atoms with van der Waals surface area (Å²) in [6.07, 6.45) is 1.60. The van der Waals surface area contributed by atoms with Crippen LogP contribution in [0.2, 0.25) is 10.0 Å². The van der Waals surface area contributed by atoms with Crippen LogP contribution in [-0.2, 0) is 6.54 Å². The second-order valence-corrected chi connectivity index (χ2v) is 7.14. The number of nitrogens with zero attached hydrogens (tertiary/aromatic N) is 3. The summed E-state index contributed by atoms with van der Waals surface area (Å²) in [6.45, 7) is 4.50. The van der Waals surface area contributed by atoms with Gasteiger partial charge in [0.05, 0.1) is 6.54 Å². The molecule has 2 aromatic carbocycles. The molecule has 0 unspecified atom stereocenters. The van der Waals surface area contributed by atoms with Crippen LogP contribution in [0.25, 0.3) is 0 Å². The molecule has 0 aliphatic heterocycles. The van der Waals surface area contributed by atoms with Crippen LogP contribution in [0.4, 0.5) is 11.6 Å². The maximum atomic E-state index is 6.19. The monoisotopic (exact) mass is 405 g/mol. The molecule has 8 heteroatoms. The maximum absolute atomic E-state index is 6.19. The van der Waals surface area contributed by atoms with Gasteiger partial charge in [0.25, 0.3) is 0 Å². The van der Waals surface area contributed by atoms with Crippen LogP contribution in [0.15, 0.2) is 42.7 Å². The van der Waals surface area contributed by atoms with Crippen molar-refractivity contribution < 1.29 is 0 Å². The van der Waals surface area contributed by atoms with Gasteiger partial charge in [-0.15, -0.1) is 5.10 Å². The highest BCUT2D eigenvalue weighted by molar-refractivity contribution is 7.80. The van der Waals surface area contributed by atoms with Crippen LogP contribution >= 0.6 is 35.4 Å². The number of hydrogen-bond acceptors (Lipinski definition) is 3. The molecule has 0 aliphatic carbocycles. The zero-order valence-electron chi connectivity index (χ0n) is 14.3. The Morgan fingerprint density at radius 3 is 2.38 bits per heavy atom. The van der Waals surface area contributed by atoms with Gasteiger partial charge in [0.1, 0.15) is 6.33 Å². The Labute approximate surface area is 167 Å². The third-order valence-corrected chi connectivity index (χ3v) is 4.54. The molecule has 0 aliphatic rings. The van der Waals surface area contributed by atoms with Gasteiger partial charge in [0.15, 0.2) is 5.11 Å². The maximum Gasteiger partial charge on any atom is 0.248 e. The van der Waals surface area contributed by atoms with Gasteiger partial charge >= 0.3 is 0 Å². The van der Waals surface area contributed by atoms with Gasteiger partial charge in [0.2, 0.25) is 5.95 Å². The Balaban J connectivity index is 1.65. The Kier molecular flexibility index (Phi) is 5.76. The molecule has 3 rings (SSSR count). The minimum Gasteiger partial charge on any atom is -0.332 e. The van der Waals surface area contributed by atoms with Crippen molar-refractivity contribution in [3.05, 3.63) is 69.5 Å². The van der Waals surface area contributed by atoms with Gasteiger partial charge in [-0.1, -0.05) is 35.3 Å². The fourth-order valence-corrected chi connectivity index (χ4v) is 3.31. The number of anilines is 2. The normalized spacial score (nSPS) is 10.6. The molecule has 134 valence electrons. The number of rotatable bonds is 4. The van der Waals surface area contributed by atoms with E-state index in [1.165, 1.54) is 0 Å². The first-order valence-electron chi connectivity index (χ1n) is 7.89. The lowest BCUT2D eigenvalue weighted by Crippen LogP contribution is -2.20. The molecule has 0 radical (unpaired) electrons. The number of aromatic nitrogens is 3. The zero-order chi connectivity index (χ0) is 18.7. The average molecular weight is 406 g/mol. The Morgan fingerprint density at radius 1 is 1.08 bits per heavy atom.